The maximum atomic E-state index is 14.3. The summed E-state index contributed by atoms with van der Waals surface area (Å²) in [7, 11) is -0.819. The normalized spacial score (nSPS) is 28.9. The van der Waals surface area contributed by atoms with E-state index in [2.05, 4.69) is 0 Å². The van der Waals surface area contributed by atoms with Crippen LogP contribution in [-0.4, -0.2) is 18.3 Å². The van der Waals surface area contributed by atoms with Gasteiger partial charge in [-0.15, -0.1) is 0 Å². The minimum atomic E-state index is -0.819. The third-order valence-electron chi connectivity index (χ3n) is 4.55. The molecule has 1 aliphatic heterocycles. The average molecular weight is 240 g/mol. The Hall–Kier alpha value is -0.345. The van der Waals surface area contributed by atoms with Crippen molar-refractivity contribution >= 4 is 7.12 Å². The summed E-state index contributed by atoms with van der Waals surface area (Å²) in [5, 5.41) is 0. The van der Waals surface area contributed by atoms with Crippen LogP contribution in [-0.2, 0) is 9.31 Å². The molecule has 0 aromatic rings. The van der Waals surface area contributed by atoms with Gasteiger partial charge in [0, 0.05) is 0 Å². The first-order valence-corrected chi connectivity index (χ1v) is 6.46. The van der Waals surface area contributed by atoms with E-state index in [1.807, 2.05) is 34.6 Å². The van der Waals surface area contributed by atoms with Gasteiger partial charge in [-0.1, -0.05) is 6.42 Å². The molecule has 2 rings (SSSR count). The minimum absolute atomic E-state index is 0.214. The van der Waals surface area contributed by atoms with Gasteiger partial charge >= 0.3 is 7.12 Å². The summed E-state index contributed by atoms with van der Waals surface area (Å²) >= 11 is 0. The fourth-order valence-corrected chi connectivity index (χ4v) is 2.17. The second-order valence-electron chi connectivity index (χ2n) is 6.25. The molecule has 2 nitrogen and oxygen atoms in total. The first kappa shape index (κ1) is 13.1. The molecule has 1 saturated heterocycles. The van der Waals surface area contributed by atoms with Gasteiger partial charge in [0.25, 0.3) is 0 Å². The number of allylic oxidation sites excluding steroid dienone is 1. The van der Waals surface area contributed by atoms with Gasteiger partial charge in [0.15, 0.2) is 0 Å². The molecule has 2 aliphatic rings. The van der Waals surface area contributed by atoms with Crippen LogP contribution in [0.3, 0.4) is 0 Å². The Morgan fingerprint density at radius 3 is 1.94 bits per heavy atom. The number of halogens is 1. The third-order valence-corrected chi connectivity index (χ3v) is 4.55. The van der Waals surface area contributed by atoms with Crippen LogP contribution in [0.25, 0.3) is 0 Å². The molecule has 96 valence electrons. The van der Waals surface area contributed by atoms with E-state index in [4.69, 9.17) is 9.31 Å². The van der Waals surface area contributed by atoms with Crippen molar-refractivity contribution in [1.29, 1.82) is 0 Å². The minimum Gasteiger partial charge on any atom is -0.398 e. The van der Waals surface area contributed by atoms with Gasteiger partial charge in [-0.25, -0.2) is 4.39 Å². The monoisotopic (exact) mass is 240 g/mol. The molecule has 1 aliphatic carbocycles. The topological polar surface area (TPSA) is 18.5 Å². The van der Waals surface area contributed by atoms with Crippen molar-refractivity contribution in [2.24, 2.45) is 5.92 Å². The van der Waals surface area contributed by atoms with Crippen LogP contribution in [0, 0.1) is 5.92 Å². The Balaban J connectivity index is 2.15. The van der Waals surface area contributed by atoms with Crippen LogP contribution in [0.5, 0.6) is 0 Å². The van der Waals surface area contributed by atoms with Crippen LogP contribution in [0.15, 0.2) is 11.3 Å². The Kier molecular flexibility index (Phi) is 3.15. The number of hydrogen-bond donors (Lipinski definition) is 0. The van der Waals surface area contributed by atoms with Crippen LogP contribution >= 0.6 is 0 Å². The quantitative estimate of drug-likeness (QED) is 0.685. The summed E-state index contributed by atoms with van der Waals surface area (Å²) in [5.41, 5.74) is -0.327. The lowest BCUT2D eigenvalue weighted by atomic mass is 9.74. The first-order valence-electron chi connectivity index (χ1n) is 6.46. The average Bonchev–Trinajstić information content (AvgIpc) is 2.31. The van der Waals surface area contributed by atoms with Gasteiger partial charge in [-0.05, 0) is 59.0 Å². The van der Waals surface area contributed by atoms with Crippen molar-refractivity contribution < 1.29 is 13.7 Å². The van der Waals surface area contributed by atoms with Crippen LogP contribution in [0.2, 0.25) is 0 Å². The number of rotatable bonds is 2. The van der Waals surface area contributed by atoms with Gasteiger partial charge in [-0.2, -0.15) is 0 Å². The largest absolute Gasteiger partial charge is 0.525 e. The summed E-state index contributed by atoms with van der Waals surface area (Å²) < 4.78 is 25.7. The molecule has 0 amide bonds. The highest BCUT2D eigenvalue weighted by atomic mass is 19.1. The molecule has 1 saturated carbocycles. The second kappa shape index (κ2) is 4.09. The zero-order valence-electron chi connectivity index (χ0n) is 11.5. The van der Waals surface area contributed by atoms with Gasteiger partial charge in [0.1, 0.15) is 5.73 Å². The van der Waals surface area contributed by atoms with Crippen molar-refractivity contribution in [3.63, 3.8) is 0 Å². The Bertz CT molecular complexity index is 329. The predicted molar refractivity (Wildman–Crippen MR) is 67.2 cm³/mol. The van der Waals surface area contributed by atoms with Gasteiger partial charge in [0.2, 0.25) is 0 Å². The SMILES string of the molecule is CC(=C(F)B1OC(C)(C)C(C)(C)O1)C1CCC1. The maximum Gasteiger partial charge on any atom is 0.525 e. The molecular weight excluding hydrogens is 218 g/mol. The van der Waals surface area contributed by atoms with E-state index in [9.17, 15) is 4.39 Å². The Morgan fingerprint density at radius 1 is 1.12 bits per heavy atom. The van der Waals surface area contributed by atoms with E-state index in [0.717, 1.165) is 18.4 Å². The summed E-state index contributed by atoms with van der Waals surface area (Å²) in [5.74, 6) is 0.397. The van der Waals surface area contributed by atoms with Crippen LogP contribution < -0.4 is 0 Å². The first-order chi connectivity index (χ1) is 7.74. The van der Waals surface area contributed by atoms with Gasteiger partial charge in [-0.3, -0.25) is 0 Å². The van der Waals surface area contributed by atoms with E-state index in [0.29, 0.717) is 5.92 Å². The molecule has 1 heterocycles. The van der Waals surface area contributed by atoms with Crippen molar-refractivity contribution in [3.8, 4) is 0 Å². The molecule has 0 N–H and O–H groups in total. The molecule has 2 fully saturated rings. The highest BCUT2D eigenvalue weighted by molar-refractivity contribution is 6.53. The smallest absolute Gasteiger partial charge is 0.398 e. The molecule has 0 aromatic heterocycles. The van der Waals surface area contributed by atoms with Crippen molar-refractivity contribution in [2.75, 3.05) is 0 Å². The zero-order chi connectivity index (χ0) is 12.8. The lowest BCUT2D eigenvalue weighted by Gasteiger charge is -2.32. The molecule has 0 unspecified atom stereocenters. The highest BCUT2D eigenvalue weighted by Crippen LogP contribution is 2.41. The Morgan fingerprint density at radius 2 is 1.59 bits per heavy atom. The molecule has 4 heteroatoms. The van der Waals surface area contributed by atoms with E-state index in [1.165, 1.54) is 6.42 Å². The predicted octanol–water partition coefficient (Wildman–Crippen LogP) is 3.66. The summed E-state index contributed by atoms with van der Waals surface area (Å²) in [6.07, 6.45) is 3.40. The van der Waals surface area contributed by atoms with E-state index < -0.39 is 18.3 Å². The maximum absolute atomic E-state index is 14.3. The lowest BCUT2D eigenvalue weighted by Crippen LogP contribution is -2.41. The van der Waals surface area contributed by atoms with E-state index in [1.54, 1.807) is 0 Å². The summed E-state index contributed by atoms with van der Waals surface area (Å²) in [4.78, 5) is 0. The van der Waals surface area contributed by atoms with Crippen molar-refractivity contribution in [1.82, 2.24) is 0 Å². The molecule has 0 radical (unpaired) electrons. The molecule has 17 heavy (non-hydrogen) atoms. The molecule has 0 aromatic carbocycles. The molecule has 0 bridgehead atoms. The standard InChI is InChI=1S/C13H22BFO2/c1-9(10-7-6-8-10)11(15)14-16-12(2,3)13(4,5)17-14/h10H,6-8H2,1-5H3. The van der Waals surface area contributed by atoms with Gasteiger partial charge < -0.3 is 9.31 Å². The van der Waals surface area contributed by atoms with Crippen molar-refractivity contribution in [3.05, 3.63) is 11.3 Å². The molecule has 0 spiro atoms. The second-order valence-corrected chi connectivity index (χ2v) is 6.25. The van der Waals surface area contributed by atoms with E-state index in [-0.39, 0.29) is 5.73 Å². The van der Waals surface area contributed by atoms with Crippen LogP contribution in [0.4, 0.5) is 4.39 Å². The van der Waals surface area contributed by atoms with E-state index >= 15 is 0 Å². The fraction of sp³-hybridized carbons (Fsp3) is 0.846. The fourth-order valence-electron chi connectivity index (χ4n) is 2.17. The summed E-state index contributed by atoms with van der Waals surface area (Å²) in [6, 6.07) is 0. The van der Waals surface area contributed by atoms with Crippen molar-refractivity contribution in [2.45, 2.75) is 65.1 Å². The van der Waals surface area contributed by atoms with Gasteiger partial charge in [0.05, 0.1) is 11.2 Å². The third kappa shape index (κ3) is 2.17. The van der Waals surface area contributed by atoms with Crippen LogP contribution in [0.1, 0.15) is 53.9 Å². The number of hydrogen-bond acceptors (Lipinski definition) is 2. The Labute approximate surface area is 104 Å². The molecule has 0 atom stereocenters. The zero-order valence-corrected chi connectivity index (χ0v) is 11.5. The highest BCUT2D eigenvalue weighted by Gasteiger charge is 2.53. The molecular formula is C13H22BFO2. The lowest BCUT2D eigenvalue weighted by molar-refractivity contribution is 0.00578. The summed E-state index contributed by atoms with van der Waals surface area (Å²) in [6.45, 7) is 9.64.